The first-order valence-electron chi connectivity index (χ1n) is 4.49. The van der Waals surface area contributed by atoms with Gasteiger partial charge < -0.3 is 9.47 Å². The van der Waals surface area contributed by atoms with Gasteiger partial charge >= 0.3 is 0 Å². The van der Waals surface area contributed by atoms with Crippen molar-refractivity contribution in [1.82, 2.24) is 0 Å². The Morgan fingerprint density at radius 2 is 1.80 bits per heavy atom. The Kier molecular flexibility index (Phi) is 3.03. The lowest BCUT2D eigenvalue weighted by molar-refractivity contribution is 0.356. The second-order valence-corrected chi connectivity index (χ2v) is 4.53. The van der Waals surface area contributed by atoms with Crippen LogP contribution in [0.25, 0.3) is 10.1 Å². The summed E-state index contributed by atoms with van der Waals surface area (Å²) in [5.41, 5.74) is 0. The van der Waals surface area contributed by atoms with E-state index in [1.807, 2.05) is 12.1 Å². The number of fused-ring (bicyclic) bond motifs is 1. The molecule has 0 spiro atoms. The molecule has 0 N–H and O–H groups in total. The fraction of sp³-hybridized carbons (Fsp3) is 0.273. The molecule has 1 aromatic heterocycles. The number of thiophene rings is 1. The lowest BCUT2D eigenvalue weighted by Crippen LogP contribution is -1.89. The lowest BCUT2D eigenvalue weighted by atomic mass is 10.2. The topological polar surface area (TPSA) is 18.5 Å². The summed E-state index contributed by atoms with van der Waals surface area (Å²) in [5.74, 6) is 2.06. The molecule has 0 unspecified atom stereocenters. The van der Waals surface area contributed by atoms with Gasteiger partial charge in [0.05, 0.1) is 20.1 Å². The summed E-state index contributed by atoms with van der Waals surface area (Å²) in [6.45, 7) is 0. The van der Waals surface area contributed by atoms with E-state index in [1.165, 1.54) is 4.70 Å². The van der Waals surface area contributed by atoms with Crippen molar-refractivity contribution in [3.05, 3.63) is 23.1 Å². The van der Waals surface area contributed by atoms with Gasteiger partial charge in [-0.15, -0.1) is 22.9 Å². The van der Waals surface area contributed by atoms with E-state index < -0.39 is 0 Å². The highest BCUT2D eigenvalue weighted by Gasteiger charge is 2.08. The summed E-state index contributed by atoms with van der Waals surface area (Å²) >= 11 is 7.47. The van der Waals surface area contributed by atoms with Crippen molar-refractivity contribution in [2.75, 3.05) is 14.2 Å². The predicted octanol–water partition coefficient (Wildman–Crippen LogP) is 3.66. The number of hydrogen-bond acceptors (Lipinski definition) is 3. The van der Waals surface area contributed by atoms with Crippen molar-refractivity contribution < 1.29 is 9.47 Å². The zero-order chi connectivity index (χ0) is 10.8. The summed E-state index contributed by atoms with van der Waals surface area (Å²) in [7, 11) is 3.28. The SMILES string of the molecule is COc1cc2cc(CCl)sc2cc1OC. The minimum atomic E-state index is 0.546. The number of alkyl halides is 1. The molecule has 15 heavy (non-hydrogen) atoms. The molecule has 1 aromatic carbocycles. The average Bonchev–Trinajstić information content (AvgIpc) is 2.68. The van der Waals surface area contributed by atoms with Gasteiger partial charge in [0.2, 0.25) is 0 Å². The highest BCUT2D eigenvalue weighted by molar-refractivity contribution is 7.19. The maximum Gasteiger partial charge on any atom is 0.162 e. The second-order valence-electron chi connectivity index (χ2n) is 3.09. The monoisotopic (exact) mass is 242 g/mol. The predicted molar refractivity (Wildman–Crippen MR) is 64.5 cm³/mol. The molecule has 0 radical (unpaired) electrons. The van der Waals surface area contributed by atoms with Crippen LogP contribution in [-0.4, -0.2) is 14.2 Å². The average molecular weight is 243 g/mol. The Labute approximate surface area is 97.4 Å². The van der Waals surface area contributed by atoms with Gasteiger partial charge in [0, 0.05) is 15.6 Å². The molecule has 2 nitrogen and oxygen atoms in total. The molecule has 0 saturated heterocycles. The Balaban J connectivity index is 2.61. The number of benzene rings is 1. The number of methoxy groups -OCH3 is 2. The van der Waals surface area contributed by atoms with E-state index in [2.05, 4.69) is 6.07 Å². The largest absolute Gasteiger partial charge is 0.493 e. The Bertz CT molecular complexity index is 438. The van der Waals surface area contributed by atoms with Crippen LogP contribution in [0, 0.1) is 0 Å². The smallest absolute Gasteiger partial charge is 0.162 e. The Morgan fingerprint density at radius 1 is 1.13 bits per heavy atom. The third-order valence-corrected chi connectivity index (χ3v) is 3.75. The highest BCUT2D eigenvalue weighted by Crippen LogP contribution is 2.36. The molecule has 0 aliphatic rings. The first kappa shape index (κ1) is 10.6. The van der Waals surface area contributed by atoms with Crippen molar-refractivity contribution in [3.63, 3.8) is 0 Å². The van der Waals surface area contributed by atoms with Crippen molar-refractivity contribution in [1.29, 1.82) is 0 Å². The maximum absolute atomic E-state index is 5.79. The molecule has 0 amide bonds. The van der Waals surface area contributed by atoms with Crippen LogP contribution in [-0.2, 0) is 5.88 Å². The first-order valence-corrected chi connectivity index (χ1v) is 5.84. The van der Waals surface area contributed by atoms with Gasteiger partial charge in [0.15, 0.2) is 11.5 Å². The van der Waals surface area contributed by atoms with Crippen molar-refractivity contribution in [2.45, 2.75) is 5.88 Å². The van der Waals surface area contributed by atoms with Crippen LogP contribution in [0.15, 0.2) is 18.2 Å². The van der Waals surface area contributed by atoms with Crippen molar-refractivity contribution in [2.24, 2.45) is 0 Å². The van der Waals surface area contributed by atoms with E-state index in [0.717, 1.165) is 21.8 Å². The van der Waals surface area contributed by atoms with Crippen molar-refractivity contribution in [3.8, 4) is 11.5 Å². The van der Waals surface area contributed by atoms with Gasteiger partial charge in [-0.3, -0.25) is 0 Å². The van der Waals surface area contributed by atoms with Crippen molar-refractivity contribution >= 4 is 33.0 Å². The minimum Gasteiger partial charge on any atom is -0.493 e. The zero-order valence-corrected chi connectivity index (χ0v) is 10.1. The van der Waals surface area contributed by atoms with E-state index >= 15 is 0 Å². The van der Waals surface area contributed by atoms with E-state index in [-0.39, 0.29) is 0 Å². The lowest BCUT2D eigenvalue weighted by Gasteiger charge is -2.06. The number of hydrogen-bond donors (Lipinski definition) is 0. The van der Waals surface area contributed by atoms with Gasteiger partial charge in [0.1, 0.15) is 0 Å². The summed E-state index contributed by atoms with van der Waals surface area (Å²) < 4.78 is 11.6. The quantitative estimate of drug-likeness (QED) is 0.765. The maximum atomic E-state index is 5.79. The molecule has 0 fully saturated rings. The Hall–Kier alpha value is -0.930. The third kappa shape index (κ3) is 1.90. The number of rotatable bonds is 3. The van der Waals surface area contributed by atoms with Gasteiger partial charge in [0.25, 0.3) is 0 Å². The number of halogens is 1. The minimum absolute atomic E-state index is 0.546. The molecule has 0 bridgehead atoms. The van der Waals surface area contributed by atoms with E-state index in [1.54, 1.807) is 25.6 Å². The fourth-order valence-electron chi connectivity index (χ4n) is 1.49. The molecule has 1 heterocycles. The molecular formula is C11H11ClO2S. The Morgan fingerprint density at radius 3 is 2.40 bits per heavy atom. The third-order valence-electron chi connectivity index (χ3n) is 2.21. The van der Waals surface area contributed by atoms with Crippen LogP contribution < -0.4 is 9.47 Å². The molecule has 0 saturated carbocycles. The van der Waals surface area contributed by atoms with Gasteiger partial charge in [-0.2, -0.15) is 0 Å². The van der Waals surface area contributed by atoms with Crippen LogP contribution in [0.1, 0.15) is 4.88 Å². The second kappa shape index (κ2) is 4.29. The normalized spacial score (nSPS) is 10.6. The molecule has 0 aliphatic carbocycles. The molecule has 2 rings (SSSR count). The van der Waals surface area contributed by atoms with E-state index in [9.17, 15) is 0 Å². The van der Waals surface area contributed by atoms with Gasteiger partial charge in [-0.05, 0) is 17.5 Å². The summed E-state index contributed by atoms with van der Waals surface area (Å²) in [6, 6.07) is 6.03. The van der Waals surface area contributed by atoms with Crippen LogP contribution >= 0.6 is 22.9 Å². The first-order chi connectivity index (χ1) is 7.28. The van der Waals surface area contributed by atoms with Gasteiger partial charge in [-0.1, -0.05) is 0 Å². The number of ether oxygens (including phenoxy) is 2. The standard InChI is InChI=1S/C11H11ClO2S/c1-13-9-4-7-3-8(6-12)15-11(7)5-10(9)14-2/h3-5H,6H2,1-2H3. The molecule has 0 atom stereocenters. The highest BCUT2D eigenvalue weighted by atomic mass is 35.5. The van der Waals surface area contributed by atoms with Crippen LogP contribution in [0.4, 0.5) is 0 Å². The summed E-state index contributed by atoms with van der Waals surface area (Å²) in [4.78, 5) is 1.15. The van der Waals surface area contributed by atoms with Crippen LogP contribution in [0.5, 0.6) is 11.5 Å². The molecular weight excluding hydrogens is 232 g/mol. The molecule has 2 aromatic rings. The van der Waals surface area contributed by atoms with E-state index in [0.29, 0.717) is 5.88 Å². The van der Waals surface area contributed by atoms with Crippen LogP contribution in [0.2, 0.25) is 0 Å². The molecule has 4 heteroatoms. The van der Waals surface area contributed by atoms with Gasteiger partial charge in [-0.25, -0.2) is 0 Å². The fourth-order valence-corrected chi connectivity index (χ4v) is 2.65. The zero-order valence-electron chi connectivity index (χ0n) is 8.54. The molecule has 80 valence electrons. The van der Waals surface area contributed by atoms with E-state index in [4.69, 9.17) is 21.1 Å². The summed E-state index contributed by atoms with van der Waals surface area (Å²) in [5, 5.41) is 1.15. The molecule has 0 aliphatic heterocycles. The summed E-state index contributed by atoms with van der Waals surface area (Å²) in [6.07, 6.45) is 0. The van der Waals surface area contributed by atoms with Crippen LogP contribution in [0.3, 0.4) is 0 Å².